The number of amides is 2. The summed E-state index contributed by atoms with van der Waals surface area (Å²) in [7, 11) is 0. The van der Waals surface area contributed by atoms with Crippen molar-refractivity contribution in [3.05, 3.63) is 59.7 Å². The molecule has 1 N–H and O–H groups in total. The van der Waals surface area contributed by atoms with Gasteiger partial charge in [-0.1, -0.05) is 18.2 Å². The molecule has 0 atom stereocenters. The van der Waals surface area contributed by atoms with Gasteiger partial charge in [0, 0.05) is 30.8 Å². The van der Waals surface area contributed by atoms with E-state index >= 15 is 0 Å². The molecule has 5 heteroatoms. The van der Waals surface area contributed by atoms with Gasteiger partial charge in [-0.3, -0.25) is 9.59 Å². The van der Waals surface area contributed by atoms with Gasteiger partial charge in [-0.05, 0) is 74.9 Å². The van der Waals surface area contributed by atoms with Gasteiger partial charge in [-0.15, -0.1) is 0 Å². The molecule has 0 radical (unpaired) electrons. The van der Waals surface area contributed by atoms with E-state index in [2.05, 4.69) is 5.32 Å². The van der Waals surface area contributed by atoms with Crippen molar-refractivity contribution in [1.29, 1.82) is 0 Å². The first-order chi connectivity index (χ1) is 14.1. The third-order valence-electron chi connectivity index (χ3n) is 5.51. The molecule has 0 bridgehead atoms. The van der Waals surface area contributed by atoms with Gasteiger partial charge < -0.3 is 15.0 Å². The molecule has 1 saturated heterocycles. The van der Waals surface area contributed by atoms with Gasteiger partial charge in [0.2, 0.25) is 5.91 Å². The Kier molecular flexibility index (Phi) is 7.28. The van der Waals surface area contributed by atoms with E-state index in [1.807, 2.05) is 67.3 Å². The van der Waals surface area contributed by atoms with Crippen LogP contribution in [0.15, 0.2) is 48.5 Å². The number of rotatable bonds is 7. The summed E-state index contributed by atoms with van der Waals surface area (Å²) in [5, 5.41) is 2.95. The van der Waals surface area contributed by atoms with Crippen LogP contribution in [0.1, 0.15) is 48.5 Å². The molecule has 2 aromatic rings. The van der Waals surface area contributed by atoms with Crippen LogP contribution in [0.3, 0.4) is 0 Å². The zero-order valence-electron chi connectivity index (χ0n) is 17.3. The first-order valence-electron chi connectivity index (χ1n) is 10.4. The Morgan fingerprint density at radius 3 is 2.41 bits per heavy atom. The lowest BCUT2D eigenvalue weighted by molar-refractivity contribution is -0.116. The van der Waals surface area contributed by atoms with Crippen LogP contribution >= 0.6 is 0 Å². The number of hydrogen-bond acceptors (Lipinski definition) is 3. The van der Waals surface area contributed by atoms with Crippen LogP contribution in [0.4, 0.5) is 5.69 Å². The molecule has 0 aliphatic carbocycles. The minimum atomic E-state index is 0.0348. The van der Waals surface area contributed by atoms with Gasteiger partial charge in [0.05, 0.1) is 6.61 Å². The van der Waals surface area contributed by atoms with Gasteiger partial charge in [0.25, 0.3) is 5.91 Å². The van der Waals surface area contributed by atoms with Crippen LogP contribution in [0.25, 0.3) is 0 Å². The summed E-state index contributed by atoms with van der Waals surface area (Å²) in [6, 6.07) is 15.2. The molecule has 2 aromatic carbocycles. The van der Waals surface area contributed by atoms with Crippen molar-refractivity contribution in [2.45, 2.75) is 39.5 Å². The molecule has 29 heavy (non-hydrogen) atoms. The van der Waals surface area contributed by atoms with Crippen molar-refractivity contribution in [3.63, 3.8) is 0 Å². The van der Waals surface area contributed by atoms with Crippen LogP contribution in [-0.4, -0.2) is 36.4 Å². The van der Waals surface area contributed by atoms with Crippen molar-refractivity contribution in [2.75, 3.05) is 25.0 Å². The van der Waals surface area contributed by atoms with E-state index in [0.717, 1.165) is 54.9 Å². The maximum absolute atomic E-state index is 12.7. The second-order valence-corrected chi connectivity index (χ2v) is 7.59. The Hall–Kier alpha value is -2.82. The number of nitrogens with zero attached hydrogens (tertiary/aromatic N) is 1. The van der Waals surface area contributed by atoms with Crippen molar-refractivity contribution in [3.8, 4) is 5.75 Å². The summed E-state index contributed by atoms with van der Waals surface area (Å²) in [4.78, 5) is 26.9. The van der Waals surface area contributed by atoms with Crippen LogP contribution in [0.2, 0.25) is 0 Å². The average Bonchev–Trinajstić information content (AvgIpc) is 2.74. The molecule has 154 valence electrons. The summed E-state index contributed by atoms with van der Waals surface area (Å²) >= 11 is 0. The highest BCUT2D eigenvalue weighted by atomic mass is 16.5. The Labute approximate surface area is 173 Å². The second-order valence-electron chi connectivity index (χ2n) is 7.59. The fourth-order valence-electron chi connectivity index (χ4n) is 3.77. The number of anilines is 1. The normalized spacial score (nSPS) is 14.5. The van der Waals surface area contributed by atoms with E-state index in [4.69, 9.17) is 4.74 Å². The number of likely N-dealkylation sites (tertiary alicyclic amines) is 1. The van der Waals surface area contributed by atoms with Crippen molar-refractivity contribution >= 4 is 17.5 Å². The number of aryl methyl sites for hydroxylation is 1. The summed E-state index contributed by atoms with van der Waals surface area (Å²) < 4.78 is 5.41. The van der Waals surface area contributed by atoms with Gasteiger partial charge in [-0.2, -0.15) is 0 Å². The van der Waals surface area contributed by atoms with Gasteiger partial charge >= 0.3 is 0 Å². The molecule has 0 saturated carbocycles. The van der Waals surface area contributed by atoms with Crippen molar-refractivity contribution < 1.29 is 14.3 Å². The van der Waals surface area contributed by atoms with E-state index < -0.39 is 0 Å². The highest BCUT2D eigenvalue weighted by Gasteiger charge is 2.24. The zero-order valence-corrected chi connectivity index (χ0v) is 17.3. The number of ether oxygens (including phenoxy) is 1. The Balaban J connectivity index is 1.41. The topological polar surface area (TPSA) is 58.6 Å². The monoisotopic (exact) mass is 394 g/mol. The number of carbonyl (C=O) groups excluding carboxylic acids is 2. The van der Waals surface area contributed by atoms with E-state index in [-0.39, 0.29) is 11.8 Å². The lowest BCUT2D eigenvalue weighted by Crippen LogP contribution is -2.38. The zero-order chi connectivity index (χ0) is 20.6. The average molecular weight is 395 g/mol. The SMILES string of the molecule is CCOc1ccc(NC(=O)CCC2CCN(C(=O)c3ccccc3C)CC2)cc1. The van der Waals surface area contributed by atoms with E-state index in [1.165, 1.54) is 0 Å². The smallest absolute Gasteiger partial charge is 0.254 e. The number of piperidine rings is 1. The van der Waals surface area contributed by atoms with Gasteiger partial charge in [0.1, 0.15) is 5.75 Å². The molecule has 1 aliphatic rings. The van der Waals surface area contributed by atoms with E-state index in [1.54, 1.807) is 0 Å². The predicted molar refractivity (Wildman–Crippen MR) is 115 cm³/mol. The standard InChI is InChI=1S/C24H30N2O3/c1-3-29-21-11-9-20(10-12-21)25-23(27)13-8-19-14-16-26(17-15-19)24(28)22-7-5-4-6-18(22)2/h4-7,9-12,19H,3,8,13-17H2,1-2H3,(H,25,27). The molecule has 5 nitrogen and oxygen atoms in total. The summed E-state index contributed by atoms with van der Waals surface area (Å²) in [6.07, 6.45) is 3.26. The Bertz CT molecular complexity index is 824. The largest absolute Gasteiger partial charge is 0.494 e. The molecule has 1 fully saturated rings. The molecular weight excluding hydrogens is 364 g/mol. The molecule has 3 rings (SSSR count). The van der Waals surface area contributed by atoms with Crippen molar-refractivity contribution in [2.24, 2.45) is 5.92 Å². The summed E-state index contributed by atoms with van der Waals surface area (Å²) in [5.74, 6) is 1.45. The maximum Gasteiger partial charge on any atom is 0.254 e. The highest BCUT2D eigenvalue weighted by Crippen LogP contribution is 2.24. The number of nitrogens with one attached hydrogen (secondary N) is 1. The van der Waals surface area contributed by atoms with E-state index in [9.17, 15) is 9.59 Å². The fraction of sp³-hybridized carbons (Fsp3) is 0.417. The molecular formula is C24H30N2O3. The number of benzene rings is 2. The minimum absolute atomic E-state index is 0.0348. The first kappa shape index (κ1) is 20.9. The lowest BCUT2D eigenvalue weighted by Gasteiger charge is -2.32. The van der Waals surface area contributed by atoms with Crippen LogP contribution in [-0.2, 0) is 4.79 Å². The summed E-state index contributed by atoms with van der Waals surface area (Å²) in [5.41, 5.74) is 2.60. The number of hydrogen-bond donors (Lipinski definition) is 1. The Morgan fingerprint density at radius 2 is 1.76 bits per heavy atom. The molecule has 0 unspecified atom stereocenters. The molecule has 0 spiro atoms. The third kappa shape index (κ3) is 5.83. The highest BCUT2D eigenvalue weighted by molar-refractivity contribution is 5.95. The number of carbonyl (C=O) groups is 2. The fourth-order valence-corrected chi connectivity index (χ4v) is 3.77. The second kappa shape index (κ2) is 10.1. The molecule has 0 aromatic heterocycles. The third-order valence-corrected chi connectivity index (χ3v) is 5.51. The quantitative estimate of drug-likeness (QED) is 0.743. The Morgan fingerprint density at radius 1 is 1.07 bits per heavy atom. The molecule has 1 aliphatic heterocycles. The van der Waals surface area contributed by atoms with E-state index in [0.29, 0.717) is 18.9 Å². The van der Waals surface area contributed by atoms with Crippen LogP contribution < -0.4 is 10.1 Å². The molecule has 1 heterocycles. The van der Waals surface area contributed by atoms with Gasteiger partial charge in [-0.25, -0.2) is 0 Å². The van der Waals surface area contributed by atoms with Crippen LogP contribution in [0, 0.1) is 12.8 Å². The first-order valence-corrected chi connectivity index (χ1v) is 10.4. The van der Waals surface area contributed by atoms with Crippen LogP contribution in [0.5, 0.6) is 5.75 Å². The predicted octanol–water partition coefficient (Wildman–Crippen LogP) is 4.66. The lowest BCUT2D eigenvalue weighted by atomic mass is 9.91. The van der Waals surface area contributed by atoms with Crippen molar-refractivity contribution in [1.82, 2.24) is 4.90 Å². The van der Waals surface area contributed by atoms with Gasteiger partial charge in [0.15, 0.2) is 0 Å². The minimum Gasteiger partial charge on any atom is -0.494 e. The molecule has 2 amide bonds. The maximum atomic E-state index is 12.7. The summed E-state index contributed by atoms with van der Waals surface area (Å²) in [6.45, 7) is 6.07.